The molecule has 0 amide bonds. The Hall–Kier alpha value is -2.24. The predicted octanol–water partition coefficient (Wildman–Crippen LogP) is -0.911. The lowest BCUT2D eigenvalue weighted by atomic mass is 10.1. The molecule has 0 spiro atoms. The summed E-state index contributed by atoms with van der Waals surface area (Å²) in [5, 5.41) is 32.6. The zero-order valence-corrected chi connectivity index (χ0v) is 16.5. The van der Waals surface area contributed by atoms with E-state index in [1.807, 2.05) is 12.1 Å². The Morgan fingerprint density at radius 2 is 1.66 bits per heavy atom. The SMILES string of the molecule is COCCc1ccc(OCC(O)C2(NC(C)C)OC(=O)C(O)C(O)C(=O)O2)cc1. The fourth-order valence-corrected chi connectivity index (χ4v) is 2.65. The number of aliphatic hydroxyl groups excluding tert-OH is 3. The van der Waals surface area contributed by atoms with Gasteiger partial charge in [0.05, 0.1) is 6.61 Å². The summed E-state index contributed by atoms with van der Waals surface area (Å²) in [4.78, 5) is 24.0. The molecule has 2 rings (SSSR count). The van der Waals surface area contributed by atoms with Crippen molar-refractivity contribution in [1.82, 2.24) is 5.32 Å². The van der Waals surface area contributed by atoms with Gasteiger partial charge in [-0.15, -0.1) is 0 Å². The maximum atomic E-state index is 12.0. The van der Waals surface area contributed by atoms with E-state index in [9.17, 15) is 24.9 Å². The Morgan fingerprint density at radius 3 is 2.14 bits per heavy atom. The van der Waals surface area contributed by atoms with Crippen molar-refractivity contribution in [3.63, 3.8) is 0 Å². The van der Waals surface area contributed by atoms with E-state index >= 15 is 0 Å². The lowest BCUT2D eigenvalue weighted by molar-refractivity contribution is -0.277. The summed E-state index contributed by atoms with van der Waals surface area (Å²) in [6, 6.07) is 6.65. The molecule has 10 heteroatoms. The fraction of sp³-hybridized carbons (Fsp3) is 0.579. The van der Waals surface area contributed by atoms with Crippen LogP contribution in [0.1, 0.15) is 19.4 Å². The van der Waals surface area contributed by atoms with Gasteiger partial charge in [0.1, 0.15) is 12.4 Å². The molecule has 1 aromatic rings. The molecule has 0 aromatic heterocycles. The second-order valence-electron chi connectivity index (χ2n) is 6.91. The van der Waals surface area contributed by atoms with Crippen LogP contribution in [-0.2, 0) is 30.2 Å². The smallest absolute Gasteiger partial charge is 0.348 e. The zero-order valence-electron chi connectivity index (χ0n) is 16.5. The van der Waals surface area contributed by atoms with Gasteiger partial charge in [-0.2, -0.15) is 0 Å². The molecular formula is C19H27NO9. The van der Waals surface area contributed by atoms with E-state index in [0.717, 1.165) is 12.0 Å². The molecule has 162 valence electrons. The van der Waals surface area contributed by atoms with E-state index in [1.54, 1.807) is 33.1 Å². The van der Waals surface area contributed by atoms with Crippen molar-refractivity contribution in [2.75, 3.05) is 20.3 Å². The minimum absolute atomic E-state index is 0.405. The van der Waals surface area contributed by atoms with Gasteiger partial charge in [-0.1, -0.05) is 12.1 Å². The minimum atomic E-state index is -2.33. The number of carbonyl (C=O) groups is 2. The Morgan fingerprint density at radius 1 is 1.10 bits per heavy atom. The topological polar surface area (TPSA) is 144 Å². The summed E-state index contributed by atoms with van der Waals surface area (Å²) < 4.78 is 20.6. The van der Waals surface area contributed by atoms with Crippen molar-refractivity contribution < 1.29 is 43.9 Å². The first-order valence-corrected chi connectivity index (χ1v) is 9.16. The van der Waals surface area contributed by atoms with Crippen molar-refractivity contribution in [3.8, 4) is 5.75 Å². The highest BCUT2D eigenvalue weighted by Gasteiger charge is 2.53. The molecule has 1 heterocycles. The Labute approximate surface area is 168 Å². The van der Waals surface area contributed by atoms with Crippen LogP contribution in [0.15, 0.2) is 24.3 Å². The van der Waals surface area contributed by atoms with Gasteiger partial charge in [-0.3, -0.25) is 0 Å². The minimum Gasteiger partial charge on any atom is -0.491 e. The summed E-state index contributed by atoms with van der Waals surface area (Å²) in [7, 11) is 1.62. The highest BCUT2D eigenvalue weighted by atomic mass is 16.8. The number of esters is 2. The first-order chi connectivity index (χ1) is 13.7. The highest BCUT2D eigenvalue weighted by Crippen LogP contribution is 2.24. The summed E-state index contributed by atoms with van der Waals surface area (Å²) in [5.41, 5.74) is 1.03. The number of hydrogen-bond acceptors (Lipinski definition) is 10. The third-order valence-electron chi connectivity index (χ3n) is 4.14. The first-order valence-electron chi connectivity index (χ1n) is 9.16. The first kappa shape index (κ1) is 23.0. The molecule has 3 atom stereocenters. The van der Waals surface area contributed by atoms with Crippen LogP contribution >= 0.6 is 0 Å². The van der Waals surface area contributed by atoms with Crippen LogP contribution in [0.25, 0.3) is 0 Å². The number of aliphatic hydroxyl groups is 3. The number of benzene rings is 1. The van der Waals surface area contributed by atoms with Crippen molar-refractivity contribution in [3.05, 3.63) is 29.8 Å². The van der Waals surface area contributed by atoms with Crippen LogP contribution in [0.5, 0.6) is 5.75 Å². The average Bonchev–Trinajstić information content (AvgIpc) is 2.76. The standard InChI is InChI=1S/C19H27NO9/c1-11(2)20-19(28-17(24)15(22)16(23)18(25)29-19)14(21)10-27-13-6-4-12(5-7-13)8-9-26-3/h4-7,11,14-16,20-23H,8-10H2,1-3H3. The number of hydrogen-bond donors (Lipinski definition) is 4. The monoisotopic (exact) mass is 413 g/mol. The van der Waals surface area contributed by atoms with Crippen LogP contribution in [-0.4, -0.2) is 77.8 Å². The number of rotatable bonds is 9. The number of cyclic esters (lactones) is 2. The third kappa shape index (κ3) is 5.87. The maximum absolute atomic E-state index is 12.0. The van der Waals surface area contributed by atoms with Crippen molar-refractivity contribution >= 4 is 11.9 Å². The molecule has 0 bridgehead atoms. The van der Waals surface area contributed by atoms with Crippen LogP contribution in [0.2, 0.25) is 0 Å². The summed E-state index contributed by atoms with van der Waals surface area (Å²) in [5.74, 6) is -4.55. The van der Waals surface area contributed by atoms with E-state index in [4.69, 9.17) is 18.9 Å². The summed E-state index contributed by atoms with van der Waals surface area (Å²) in [6.07, 6.45) is -5.20. The third-order valence-corrected chi connectivity index (χ3v) is 4.14. The van der Waals surface area contributed by atoms with Gasteiger partial charge >= 0.3 is 17.8 Å². The van der Waals surface area contributed by atoms with Gasteiger partial charge in [0.15, 0.2) is 18.3 Å². The normalized spacial score (nSPS) is 25.9. The fourth-order valence-electron chi connectivity index (χ4n) is 2.65. The molecular weight excluding hydrogens is 386 g/mol. The second-order valence-corrected chi connectivity index (χ2v) is 6.91. The predicted molar refractivity (Wildman–Crippen MR) is 98.7 cm³/mol. The number of methoxy groups -OCH3 is 1. The van der Waals surface area contributed by atoms with Gasteiger partial charge in [0.2, 0.25) is 0 Å². The van der Waals surface area contributed by atoms with Gasteiger partial charge in [-0.05, 0) is 38.0 Å². The number of carbonyl (C=O) groups excluding carboxylic acids is 2. The summed E-state index contributed by atoms with van der Waals surface area (Å²) in [6.45, 7) is 3.49. The van der Waals surface area contributed by atoms with Crippen molar-refractivity contribution in [2.24, 2.45) is 0 Å². The van der Waals surface area contributed by atoms with Gasteiger partial charge < -0.3 is 34.3 Å². The molecule has 0 saturated carbocycles. The van der Waals surface area contributed by atoms with Crippen LogP contribution in [0.4, 0.5) is 0 Å². The molecule has 1 fully saturated rings. The molecule has 10 nitrogen and oxygen atoms in total. The molecule has 1 aliphatic heterocycles. The largest absolute Gasteiger partial charge is 0.491 e. The Kier molecular flexibility index (Phi) is 7.94. The van der Waals surface area contributed by atoms with E-state index in [1.165, 1.54) is 0 Å². The summed E-state index contributed by atoms with van der Waals surface area (Å²) >= 11 is 0. The quantitative estimate of drug-likeness (QED) is 0.376. The molecule has 3 unspecified atom stereocenters. The highest BCUT2D eigenvalue weighted by molar-refractivity contribution is 5.87. The Balaban J connectivity index is 2.13. The van der Waals surface area contributed by atoms with Crippen molar-refractivity contribution in [1.29, 1.82) is 0 Å². The number of ether oxygens (including phenoxy) is 4. The number of nitrogens with one attached hydrogen (secondary N) is 1. The van der Waals surface area contributed by atoms with Crippen molar-refractivity contribution in [2.45, 2.75) is 50.5 Å². The molecule has 4 N–H and O–H groups in total. The van der Waals surface area contributed by atoms with Crippen LogP contribution in [0, 0.1) is 0 Å². The lowest BCUT2D eigenvalue weighted by Crippen LogP contribution is -2.63. The van der Waals surface area contributed by atoms with Gasteiger partial charge in [0, 0.05) is 13.2 Å². The zero-order chi connectivity index (χ0) is 21.6. The molecule has 1 saturated heterocycles. The Bertz CT molecular complexity index is 669. The van der Waals surface area contributed by atoms with E-state index in [-0.39, 0.29) is 0 Å². The maximum Gasteiger partial charge on any atom is 0.348 e. The lowest BCUT2D eigenvalue weighted by Gasteiger charge is -2.36. The van der Waals surface area contributed by atoms with E-state index < -0.39 is 48.8 Å². The van der Waals surface area contributed by atoms with E-state index in [0.29, 0.717) is 12.4 Å². The molecule has 1 aromatic carbocycles. The molecule has 1 aliphatic rings. The molecule has 0 aliphatic carbocycles. The van der Waals surface area contributed by atoms with E-state index in [2.05, 4.69) is 5.32 Å². The molecule has 0 radical (unpaired) electrons. The van der Waals surface area contributed by atoms with Gasteiger partial charge in [-0.25, -0.2) is 14.9 Å². The molecule has 29 heavy (non-hydrogen) atoms. The second kappa shape index (κ2) is 9.99. The average molecular weight is 413 g/mol. The van der Waals surface area contributed by atoms with Crippen LogP contribution in [0.3, 0.4) is 0 Å². The van der Waals surface area contributed by atoms with Crippen LogP contribution < -0.4 is 10.1 Å². The van der Waals surface area contributed by atoms with Gasteiger partial charge in [0.25, 0.3) is 0 Å².